The Morgan fingerprint density at radius 3 is 2.79 bits per heavy atom. The van der Waals surface area contributed by atoms with Crippen molar-refractivity contribution in [3.8, 4) is 0 Å². The molecule has 6 nitrogen and oxygen atoms in total. The summed E-state index contributed by atoms with van der Waals surface area (Å²) in [4.78, 5) is 12.7. The number of nitro groups is 1. The van der Waals surface area contributed by atoms with E-state index in [9.17, 15) is 10.1 Å². The predicted molar refractivity (Wildman–Crippen MR) is 76.2 cm³/mol. The van der Waals surface area contributed by atoms with Gasteiger partial charge in [0.2, 0.25) is 0 Å². The summed E-state index contributed by atoms with van der Waals surface area (Å²) in [5, 5.41) is 14.0. The van der Waals surface area contributed by atoms with Crippen LogP contribution in [-0.2, 0) is 0 Å². The maximum Gasteiger partial charge on any atom is 0.273 e. The molecule has 3 N–H and O–H groups in total. The highest BCUT2D eigenvalue weighted by Crippen LogP contribution is 2.27. The van der Waals surface area contributed by atoms with Crippen LogP contribution in [0, 0.1) is 10.1 Å². The number of nitrogen functional groups attached to an aromatic ring is 1. The van der Waals surface area contributed by atoms with Crippen LogP contribution < -0.4 is 11.1 Å². The average molecular weight is 264 g/mol. The fraction of sp³-hybridized carbons (Fsp3) is 0.538. The second-order valence-electron chi connectivity index (χ2n) is 5.20. The highest BCUT2D eigenvalue weighted by atomic mass is 16.6. The average Bonchev–Trinajstić information content (AvgIpc) is 3.18. The molecule has 0 aliphatic heterocycles. The van der Waals surface area contributed by atoms with Gasteiger partial charge in [-0.05, 0) is 32.9 Å². The van der Waals surface area contributed by atoms with Crippen molar-refractivity contribution in [3.63, 3.8) is 0 Å². The van der Waals surface area contributed by atoms with Gasteiger partial charge in [-0.2, -0.15) is 0 Å². The summed E-state index contributed by atoms with van der Waals surface area (Å²) in [6.45, 7) is 2.89. The molecular weight excluding hydrogens is 244 g/mol. The van der Waals surface area contributed by atoms with Crippen LogP contribution in [-0.4, -0.2) is 35.5 Å². The van der Waals surface area contributed by atoms with Crippen LogP contribution in [0.3, 0.4) is 0 Å². The van der Waals surface area contributed by atoms with E-state index < -0.39 is 4.92 Å². The summed E-state index contributed by atoms with van der Waals surface area (Å²) in [6.07, 6.45) is 2.54. The number of benzene rings is 1. The SMILES string of the molecule is CC(CNc1cc(N)cc([N+](=O)[O-])c1)N(C)C1CC1. The van der Waals surface area contributed by atoms with Gasteiger partial charge in [0.15, 0.2) is 0 Å². The van der Waals surface area contributed by atoms with Crippen LogP contribution in [0.15, 0.2) is 18.2 Å². The Balaban J connectivity index is 1.96. The molecule has 0 bridgehead atoms. The smallest absolute Gasteiger partial charge is 0.273 e. The summed E-state index contributed by atoms with van der Waals surface area (Å²) >= 11 is 0. The highest BCUT2D eigenvalue weighted by molar-refractivity contribution is 5.61. The number of hydrogen-bond donors (Lipinski definition) is 2. The Morgan fingerprint density at radius 1 is 1.53 bits per heavy atom. The first kappa shape index (κ1) is 13.6. The molecule has 0 amide bonds. The maximum absolute atomic E-state index is 10.8. The molecule has 1 unspecified atom stereocenters. The molecule has 6 heteroatoms. The largest absolute Gasteiger partial charge is 0.398 e. The molecule has 1 aromatic rings. The van der Waals surface area contributed by atoms with Gasteiger partial charge in [-0.25, -0.2) is 0 Å². The number of nitrogens with two attached hydrogens (primary N) is 1. The van der Waals surface area contributed by atoms with Gasteiger partial charge in [0.1, 0.15) is 0 Å². The number of nitrogens with zero attached hydrogens (tertiary/aromatic N) is 2. The second kappa shape index (κ2) is 5.44. The third-order valence-electron chi connectivity index (χ3n) is 3.57. The van der Waals surface area contributed by atoms with Gasteiger partial charge in [0.05, 0.1) is 4.92 Å². The minimum atomic E-state index is -0.429. The fourth-order valence-corrected chi connectivity index (χ4v) is 2.09. The van der Waals surface area contributed by atoms with E-state index in [0.717, 1.165) is 6.54 Å². The van der Waals surface area contributed by atoms with Gasteiger partial charge >= 0.3 is 0 Å². The lowest BCUT2D eigenvalue weighted by Crippen LogP contribution is -2.36. The lowest BCUT2D eigenvalue weighted by atomic mass is 10.2. The van der Waals surface area contributed by atoms with Crippen LogP contribution in [0.5, 0.6) is 0 Å². The number of nitrogens with one attached hydrogen (secondary N) is 1. The summed E-state index contributed by atoms with van der Waals surface area (Å²) < 4.78 is 0. The van der Waals surface area contributed by atoms with E-state index in [1.165, 1.54) is 25.0 Å². The first-order chi connectivity index (χ1) is 8.97. The van der Waals surface area contributed by atoms with E-state index in [1.807, 2.05) is 0 Å². The number of nitro benzene ring substituents is 1. The van der Waals surface area contributed by atoms with Gasteiger partial charge in [-0.15, -0.1) is 0 Å². The highest BCUT2D eigenvalue weighted by Gasteiger charge is 2.28. The Morgan fingerprint density at radius 2 is 2.21 bits per heavy atom. The minimum absolute atomic E-state index is 0.0192. The van der Waals surface area contributed by atoms with Crippen molar-refractivity contribution < 1.29 is 4.92 Å². The molecule has 0 aromatic heterocycles. The van der Waals surface area contributed by atoms with Crippen molar-refractivity contribution in [2.24, 2.45) is 0 Å². The molecule has 1 aromatic carbocycles. The molecule has 1 saturated carbocycles. The van der Waals surface area contributed by atoms with Gasteiger partial charge in [-0.1, -0.05) is 0 Å². The van der Waals surface area contributed by atoms with Crippen LogP contribution in [0.2, 0.25) is 0 Å². The van der Waals surface area contributed by atoms with E-state index in [2.05, 4.69) is 24.2 Å². The molecule has 2 rings (SSSR count). The minimum Gasteiger partial charge on any atom is -0.398 e. The van der Waals surface area contributed by atoms with Crippen LogP contribution in [0.4, 0.5) is 17.1 Å². The number of anilines is 2. The molecule has 1 aliphatic carbocycles. The maximum atomic E-state index is 10.8. The van der Waals surface area contributed by atoms with Crippen molar-refractivity contribution in [3.05, 3.63) is 28.3 Å². The first-order valence-electron chi connectivity index (χ1n) is 6.48. The summed E-state index contributed by atoms with van der Waals surface area (Å²) in [7, 11) is 2.12. The van der Waals surface area contributed by atoms with Crippen LogP contribution >= 0.6 is 0 Å². The molecule has 1 fully saturated rings. The Bertz CT molecular complexity index is 474. The van der Waals surface area contributed by atoms with Crippen LogP contribution in [0.1, 0.15) is 19.8 Å². The van der Waals surface area contributed by atoms with Crippen molar-refractivity contribution in [1.29, 1.82) is 0 Å². The molecule has 0 spiro atoms. The van der Waals surface area contributed by atoms with Gasteiger partial charge in [-0.3, -0.25) is 15.0 Å². The monoisotopic (exact) mass is 264 g/mol. The van der Waals surface area contributed by atoms with Crippen molar-refractivity contribution in [1.82, 2.24) is 4.90 Å². The summed E-state index contributed by atoms with van der Waals surface area (Å²) in [5.41, 5.74) is 6.79. The zero-order valence-electron chi connectivity index (χ0n) is 11.3. The topological polar surface area (TPSA) is 84.4 Å². The summed E-state index contributed by atoms with van der Waals surface area (Å²) in [5.74, 6) is 0. The van der Waals surface area contributed by atoms with Crippen molar-refractivity contribution in [2.45, 2.75) is 31.8 Å². The van der Waals surface area contributed by atoms with E-state index in [4.69, 9.17) is 5.73 Å². The molecule has 19 heavy (non-hydrogen) atoms. The number of non-ortho nitro benzene ring substituents is 1. The van der Waals surface area contributed by atoms with Crippen LogP contribution in [0.25, 0.3) is 0 Å². The standard InChI is InChI=1S/C13H20N4O2/c1-9(16(2)12-3-4-12)8-15-11-5-10(14)6-13(7-11)17(18)19/h5-7,9,12,15H,3-4,8,14H2,1-2H3. The van der Waals surface area contributed by atoms with Crippen molar-refractivity contribution in [2.75, 3.05) is 24.6 Å². The fourth-order valence-electron chi connectivity index (χ4n) is 2.09. The van der Waals surface area contributed by atoms with E-state index in [0.29, 0.717) is 23.5 Å². The molecular formula is C13H20N4O2. The summed E-state index contributed by atoms with van der Waals surface area (Å²) in [6, 6.07) is 5.68. The van der Waals surface area contributed by atoms with Gasteiger partial charge in [0, 0.05) is 42.1 Å². The quantitative estimate of drug-likeness (QED) is 0.467. The zero-order valence-corrected chi connectivity index (χ0v) is 11.3. The second-order valence-corrected chi connectivity index (χ2v) is 5.20. The molecule has 0 radical (unpaired) electrons. The zero-order chi connectivity index (χ0) is 14.0. The molecule has 104 valence electrons. The normalized spacial score (nSPS) is 16.4. The lowest BCUT2D eigenvalue weighted by molar-refractivity contribution is -0.384. The molecule has 0 heterocycles. The molecule has 0 saturated heterocycles. The first-order valence-corrected chi connectivity index (χ1v) is 6.48. The van der Waals surface area contributed by atoms with Gasteiger partial charge < -0.3 is 11.1 Å². The molecule has 1 aliphatic rings. The Kier molecular flexibility index (Phi) is 3.90. The molecule has 1 atom stereocenters. The Hall–Kier alpha value is -1.82. The van der Waals surface area contributed by atoms with E-state index in [1.54, 1.807) is 6.07 Å². The Labute approximate surface area is 112 Å². The number of rotatable bonds is 6. The number of likely N-dealkylation sites (N-methyl/N-ethyl adjacent to an activating group) is 1. The van der Waals surface area contributed by atoms with E-state index >= 15 is 0 Å². The predicted octanol–water partition coefficient (Wildman–Crippen LogP) is 2.07. The third kappa shape index (κ3) is 3.57. The third-order valence-corrected chi connectivity index (χ3v) is 3.57. The van der Waals surface area contributed by atoms with Gasteiger partial charge in [0.25, 0.3) is 5.69 Å². The van der Waals surface area contributed by atoms with E-state index in [-0.39, 0.29) is 5.69 Å². The van der Waals surface area contributed by atoms with Crippen molar-refractivity contribution >= 4 is 17.1 Å². The lowest BCUT2D eigenvalue weighted by Gasteiger charge is -2.25. The number of hydrogen-bond acceptors (Lipinski definition) is 5.